The minimum atomic E-state index is -0.706. The molecule has 13 nitrogen and oxygen atoms in total. The second-order valence-corrected chi connectivity index (χ2v) is 14.8. The van der Waals surface area contributed by atoms with Crippen LogP contribution in [0.5, 0.6) is 0 Å². The Morgan fingerprint density at radius 3 is 1.51 bits per heavy atom. The van der Waals surface area contributed by atoms with Gasteiger partial charge in [-0.05, 0) is 106 Å². The maximum atomic E-state index is 13.7. The fourth-order valence-corrected chi connectivity index (χ4v) is 6.92. The van der Waals surface area contributed by atoms with Gasteiger partial charge in [-0.1, -0.05) is 60.7 Å². The van der Waals surface area contributed by atoms with Crippen LogP contribution in [-0.2, 0) is 19.1 Å². The molecule has 2 aliphatic heterocycles. The van der Waals surface area contributed by atoms with Crippen LogP contribution in [0.15, 0.2) is 97.1 Å². The highest BCUT2D eigenvalue weighted by atomic mass is 16.6. The number of hydrogen-bond donors (Lipinski definition) is 4. The molecule has 6 rings (SSSR count). The minimum absolute atomic E-state index is 0.274. The van der Waals surface area contributed by atoms with Crippen LogP contribution in [0.2, 0.25) is 0 Å². The highest BCUT2D eigenvalue weighted by Gasteiger charge is 2.37. The van der Waals surface area contributed by atoms with Gasteiger partial charge in [0.25, 0.3) is 11.8 Å². The number of anilines is 4. The van der Waals surface area contributed by atoms with Crippen LogP contribution in [0.3, 0.4) is 0 Å². The molecule has 0 aliphatic carbocycles. The van der Waals surface area contributed by atoms with E-state index in [1.165, 1.54) is 0 Å². The van der Waals surface area contributed by atoms with Gasteiger partial charge in [-0.2, -0.15) is 0 Å². The summed E-state index contributed by atoms with van der Waals surface area (Å²) >= 11 is 0. The van der Waals surface area contributed by atoms with Crippen molar-refractivity contribution in [2.45, 2.75) is 64.1 Å². The van der Waals surface area contributed by atoms with Gasteiger partial charge in [-0.3, -0.25) is 29.3 Å². The zero-order valence-electron chi connectivity index (χ0n) is 32.1. The minimum Gasteiger partial charge on any atom is -0.444 e. The number of ether oxygens (including phenoxy) is 1. The van der Waals surface area contributed by atoms with E-state index in [2.05, 4.69) is 21.3 Å². The Hall–Kier alpha value is -6.76. The van der Waals surface area contributed by atoms with Gasteiger partial charge in [0.05, 0.1) is 22.5 Å². The van der Waals surface area contributed by atoms with Gasteiger partial charge in [-0.15, -0.1) is 0 Å². The summed E-state index contributed by atoms with van der Waals surface area (Å²) in [4.78, 5) is 80.3. The Labute approximate surface area is 331 Å². The lowest BCUT2D eigenvalue weighted by molar-refractivity contribution is -0.120. The Morgan fingerprint density at radius 1 is 0.614 bits per heavy atom. The van der Waals surface area contributed by atoms with Crippen LogP contribution in [0.4, 0.5) is 27.5 Å². The molecule has 4 N–H and O–H groups in total. The number of rotatable bonds is 11. The number of carbonyl (C=O) groups is 6. The summed E-state index contributed by atoms with van der Waals surface area (Å²) in [5.74, 6) is -1.23. The third-order valence-electron chi connectivity index (χ3n) is 9.62. The van der Waals surface area contributed by atoms with Gasteiger partial charge < -0.3 is 30.5 Å². The Kier molecular flexibility index (Phi) is 12.5. The fourth-order valence-electron chi connectivity index (χ4n) is 6.92. The van der Waals surface area contributed by atoms with Gasteiger partial charge in [0.1, 0.15) is 17.7 Å². The van der Waals surface area contributed by atoms with E-state index in [0.717, 1.165) is 11.1 Å². The second kappa shape index (κ2) is 17.8. The van der Waals surface area contributed by atoms with Crippen molar-refractivity contribution in [3.05, 3.63) is 119 Å². The van der Waals surface area contributed by atoms with E-state index in [-0.39, 0.29) is 29.2 Å². The molecule has 294 valence electrons. The van der Waals surface area contributed by atoms with E-state index < -0.39 is 23.8 Å². The lowest BCUT2D eigenvalue weighted by Crippen LogP contribution is -2.43. The van der Waals surface area contributed by atoms with Crippen molar-refractivity contribution >= 4 is 71.0 Å². The number of amides is 6. The number of carbonyl (C=O) groups excluding carboxylic acids is 6. The van der Waals surface area contributed by atoms with Gasteiger partial charge in [0.15, 0.2) is 0 Å². The summed E-state index contributed by atoms with van der Waals surface area (Å²) in [7, 11) is 0. The van der Waals surface area contributed by atoms with E-state index in [0.29, 0.717) is 73.5 Å². The monoisotopic (exact) mass is 770 g/mol. The van der Waals surface area contributed by atoms with Crippen molar-refractivity contribution in [2.24, 2.45) is 0 Å². The summed E-state index contributed by atoms with van der Waals surface area (Å²) in [6, 6.07) is 26.8. The van der Waals surface area contributed by atoms with E-state index in [9.17, 15) is 28.8 Å². The third-order valence-corrected chi connectivity index (χ3v) is 9.62. The van der Waals surface area contributed by atoms with E-state index in [4.69, 9.17) is 4.74 Å². The summed E-state index contributed by atoms with van der Waals surface area (Å²) in [6.07, 6.45) is 6.11. The topological polar surface area (TPSA) is 166 Å². The molecule has 4 aromatic carbocycles. The van der Waals surface area contributed by atoms with Crippen LogP contribution in [-0.4, -0.2) is 76.7 Å². The largest absolute Gasteiger partial charge is 0.444 e. The normalized spacial score (nSPS) is 16.5. The van der Waals surface area contributed by atoms with Crippen LogP contribution >= 0.6 is 0 Å². The average Bonchev–Trinajstić information content (AvgIpc) is 3.89. The van der Waals surface area contributed by atoms with Crippen LogP contribution < -0.4 is 21.3 Å². The van der Waals surface area contributed by atoms with Crippen molar-refractivity contribution in [3.63, 3.8) is 0 Å². The first-order valence-corrected chi connectivity index (χ1v) is 18.9. The van der Waals surface area contributed by atoms with E-state index in [1.54, 1.807) is 103 Å². The van der Waals surface area contributed by atoms with Gasteiger partial charge in [-0.25, -0.2) is 4.79 Å². The van der Waals surface area contributed by atoms with Gasteiger partial charge in [0.2, 0.25) is 18.2 Å². The third kappa shape index (κ3) is 10.1. The number of nitrogens with zero attached hydrogens (tertiary/aromatic N) is 2. The lowest BCUT2D eigenvalue weighted by Gasteiger charge is -2.25. The molecule has 0 unspecified atom stereocenters. The maximum Gasteiger partial charge on any atom is 0.412 e. The number of likely N-dealkylation sites (tertiary alicyclic amines) is 2. The highest BCUT2D eigenvalue weighted by molar-refractivity contribution is 6.07. The van der Waals surface area contributed by atoms with Crippen molar-refractivity contribution in [2.75, 3.05) is 34.4 Å². The quantitative estimate of drug-likeness (QED) is 0.0921. The van der Waals surface area contributed by atoms with Gasteiger partial charge >= 0.3 is 6.09 Å². The number of para-hydroxylation sites is 2. The average molecular weight is 771 g/mol. The Bertz CT molecular complexity index is 2160. The summed E-state index contributed by atoms with van der Waals surface area (Å²) in [5.41, 5.74) is 3.59. The molecule has 0 aromatic heterocycles. The molecule has 2 atom stereocenters. The smallest absolute Gasteiger partial charge is 0.412 e. The molecule has 13 heteroatoms. The first-order valence-electron chi connectivity index (χ1n) is 18.9. The number of hydrogen-bond acceptors (Lipinski definition) is 7. The molecule has 6 amide bonds. The van der Waals surface area contributed by atoms with Crippen molar-refractivity contribution in [3.8, 4) is 0 Å². The molecule has 0 radical (unpaired) electrons. The summed E-state index contributed by atoms with van der Waals surface area (Å²) in [5, 5.41) is 11.1. The molecular formula is C44H46N6O7. The first-order chi connectivity index (χ1) is 27.4. The van der Waals surface area contributed by atoms with Crippen LogP contribution in [0.1, 0.15) is 78.3 Å². The number of benzene rings is 4. The SMILES string of the molecule is CC(C)(C)OC(=O)Nc1ccccc1C(=O)N1CCC[C@H]1C(=O)Nc1ccc(/C=C/c2ccc(NC(=O)[C@@H]3CCCN3C(=O)c3ccccc3NC=O)cc2)cc1. The Balaban J connectivity index is 1.02. The van der Waals surface area contributed by atoms with E-state index >= 15 is 0 Å². The van der Waals surface area contributed by atoms with Crippen LogP contribution in [0, 0.1) is 0 Å². The van der Waals surface area contributed by atoms with Crippen LogP contribution in [0.25, 0.3) is 12.2 Å². The Morgan fingerprint density at radius 2 is 1.05 bits per heavy atom. The summed E-state index contributed by atoms with van der Waals surface area (Å²) < 4.78 is 5.36. The standard InChI is InChI=1S/C44H46N6O7/c1-44(2,3)57-43(56)48-36-13-7-5-11-34(36)42(55)50-27-9-15-38(50)40(53)47-32-24-20-30(21-25-32)17-16-29-18-22-31(23-19-29)46-39(52)37-14-8-26-49(37)41(54)33-10-4-6-12-35(33)45-28-51/h4-7,10-13,16-25,28,37-38H,8-9,14-15,26-27H2,1-3H3,(H,45,51)(H,46,52)(H,47,53)(H,48,56)/b17-16+/t37-,38-/m0/s1. The predicted octanol–water partition coefficient (Wildman–Crippen LogP) is 7.26. The summed E-state index contributed by atoms with van der Waals surface area (Å²) in [6.45, 7) is 6.12. The number of nitrogens with one attached hydrogen (secondary N) is 4. The predicted molar refractivity (Wildman–Crippen MR) is 220 cm³/mol. The molecule has 57 heavy (non-hydrogen) atoms. The zero-order chi connectivity index (χ0) is 40.5. The molecular weight excluding hydrogens is 725 g/mol. The fraction of sp³-hybridized carbons (Fsp3) is 0.273. The van der Waals surface area contributed by atoms with Crippen molar-refractivity contribution < 1.29 is 33.5 Å². The van der Waals surface area contributed by atoms with Crippen molar-refractivity contribution in [1.29, 1.82) is 0 Å². The van der Waals surface area contributed by atoms with E-state index in [1.807, 2.05) is 36.4 Å². The molecule has 2 aliphatic rings. The molecule has 0 saturated carbocycles. The molecule has 2 saturated heterocycles. The first kappa shape index (κ1) is 39.9. The van der Waals surface area contributed by atoms with Crippen molar-refractivity contribution in [1.82, 2.24) is 9.80 Å². The zero-order valence-corrected chi connectivity index (χ0v) is 32.1. The molecule has 2 heterocycles. The highest BCUT2D eigenvalue weighted by Crippen LogP contribution is 2.27. The molecule has 2 fully saturated rings. The molecule has 0 spiro atoms. The van der Waals surface area contributed by atoms with Gasteiger partial charge in [0, 0.05) is 24.5 Å². The molecule has 0 bridgehead atoms. The second-order valence-electron chi connectivity index (χ2n) is 14.8. The maximum absolute atomic E-state index is 13.7. The lowest BCUT2D eigenvalue weighted by atomic mass is 10.1. The molecule has 4 aromatic rings.